The molecule has 2 nitrogen and oxygen atoms in total. The molecule has 0 bridgehead atoms. The fraction of sp³-hybridized carbons (Fsp3) is 1.00. The smallest absolute Gasteiger partial charge is 0.338 e. The van der Waals surface area contributed by atoms with Crippen LogP contribution in [0.2, 0.25) is 11.1 Å². The monoisotopic (exact) mass is 204 g/mol. The van der Waals surface area contributed by atoms with Gasteiger partial charge in [0.1, 0.15) is 0 Å². The highest BCUT2D eigenvalue weighted by atomic mass is 28.4. The Balaban J connectivity index is 4.17. The lowest BCUT2D eigenvalue weighted by atomic mass is 10.2. The topological polar surface area (TPSA) is 40.5 Å². The third-order valence-corrected chi connectivity index (χ3v) is 6.37. The fourth-order valence-corrected chi connectivity index (χ4v) is 4.18. The molecule has 0 spiro atoms. The highest BCUT2D eigenvalue weighted by Gasteiger charge is 2.40. The number of hydrogen-bond acceptors (Lipinski definition) is 2. The quantitative estimate of drug-likeness (QED) is 0.653. The summed E-state index contributed by atoms with van der Waals surface area (Å²) < 4.78 is 0. The Labute approximate surface area is 83.2 Å². The first-order valence-electron chi connectivity index (χ1n) is 5.41. The minimum Gasteiger partial charge on any atom is -0.410 e. The molecule has 3 heteroatoms. The van der Waals surface area contributed by atoms with Crippen molar-refractivity contribution in [1.29, 1.82) is 0 Å². The van der Waals surface area contributed by atoms with Crippen LogP contribution in [0.5, 0.6) is 0 Å². The SMILES string of the molecule is CCCC(C)[Si](O)(O)C(C)CCC. The summed E-state index contributed by atoms with van der Waals surface area (Å²) in [6.45, 7) is 8.13. The van der Waals surface area contributed by atoms with Crippen molar-refractivity contribution < 1.29 is 9.59 Å². The van der Waals surface area contributed by atoms with Gasteiger partial charge in [-0.15, -0.1) is 0 Å². The maximum Gasteiger partial charge on any atom is 0.338 e. The van der Waals surface area contributed by atoms with Gasteiger partial charge in [0.05, 0.1) is 0 Å². The van der Waals surface area contributed by atoms with E-state index in [0.29, 0.717) is 0 Å². The van der Waals surface area contributed by atoms with Gasteiger partial charge in [0.15, 0.2) is 0 Å². The highest BCUT2D eigenvalue weighted by Crippen LogP contribution is 2.33. The second kappa shape index (κ2) is 5.78. The lowest BCUT2D eigenvalue weighted by Gasteiger charge is -2.30. The molecule has 0 saturated carbocycles. The van der Waals surface area contributed by atoms with Gasteiger partial charge in [0.2, 0.25) is 0 Å². The molecule has 2 atom stereocenters. The van der Waals surface area contributed by atoms with Crippen molar-refractivity contribution in [3.05, 3.63) is 0 Å². The van der Waals surface area contributed by atoms with E-state index in [1.807, 2.05) is 13.8 Å². The fourth-order valence-electron chi connectivity index (χ4n) is 1.78. The van der Waals surface area contributed by atoms with Crippen LogP contribution in [0, 0.1) is 0 Å². The summed E-state index contributed by atoms with van der Waals surface area (Å²) in [5.74, 6) is 0. The van der Waals surface area contributed by atoms with Gasteiger partial charge in [-0.1, -0.05) is 40.5 Å². The van der Waals surface area contributed by atoms with Crippen molar-refractivity contribution >= 4 is 8.56 Å². The molecule has 80 valence electrons. The predicted octanol–water partition coefficient (Wildman–Crippen LogP) is 2.79. The van der Waals surface area contributed by atoms with Crippen molar-refractivity contribution in [3.63, 3.8) is 0 Å². The number of hydrogen-bond donors (Lipinski definition) is 2. The maximum absolute atomic E-state index is 10.0. The molecule has 0 heterocycles. The van der Waals surface area contributed by atoms with E-state index in [1.165, 1.54) is 0 Å². The second-order valence-corrected chi connectivity index (χ2v) is 7.70. The van der Waals surface area contributed by atoms with E-state index in [0.717, 1.165) is 25.7 Å². The maximum atomic E-state index is 10.0. The highest BCUT2D eigenvalue weighted by molar-refractivity contribution is 6.67. The van der Waals surface area contributed by atoms with Crippen molar-refractivity contribution in [2.45, 2.75) is 64.5 Å². The van der Waals surface area contributed by atoms with Gasteiger partial charge >= 0.3 is 8.56 Å². The minimum atomic E-state index is -2.95. The first kappa shape index (κ1) is 13.1. The summed E-state index contributed by atoms with van der Waals surface area (Å²) in [5, 5.41) is 0. The average molecular weight is 204 g/mol. The third-order valence-electron chi connectivity index (χ3n) is 2.89. The van der Waals surface area contributed by atoms with Crippen LogP contribution in [0.25, 0.3) is 0 Å². The molecule has 0 aromatic heterocycles. The molecule has 0 rings (SSSR count). The van der Waals surface area contributed by atoms with Crippen molar-refractivity contribution in [2.75, 3.05) is 0 Å². The summed E-state index contributed by atoms with van der Waals surface area (Å²) in [4.78, 5) is 20.0. The summed E-state index contributed by atoms with van der Waals surface area (Å²) >= 11 is 0. The summed E-state index contributed by atoms with van der Waals surface area (Å²) in [7, 11) is -2.95. The van der Waals surface area contributed by atoms with Crippen molar-refractivity contribution in [3.8, 4) is 0 Å². The molecule has 13 heavy (non-hydrogen) atoms. The molecule has 2 unspecified atom stereocenters. The van der Waals surface area contributed by atoms with Crippen LogP contribution in [0.15, 0.2) is 0 Å². The normalized spacial score (nSPS) is 17.1. The van der Waals surface area contributed by atoms with E-state index in [4.69, 9.17) is 0 Å². The Morgan fingerprint density at radius 3 is 1.46 bits per heavy atom. The standard InChI is InChI=1S/C10H24O2Si/c1-5-7-9(3)13(11,12)10(4)8-6-2/h9-12H,5-8H2,1-4H3. The van der Waals surface area contributed by atoms with Gasteiger partial charge in [0.25, 0.3) is 0 Å². The van der Waals surface area contributed by atoms with Gasteiger partial charge in [-0.05, 0) is 23.9 Å². The van der Waals surface area contributed by atoms with E-state index in [9.17, 15) is 9.59 Å². The van der Waals surface area contributed by atoms with Crippen LogP contribution in [0.3, 0.4) is 0 Å². The molecule has 0 aliphatic carbocycles. The van der Waals surface area contributed by atoms with Crippen molar-refractivity contribution in [2.24, 2.45) is 0 Å². The Morgan fingerprint density at radius 2 is 1.23 bits per heavy atom. The molecular weight excluding hydrogens is 180 g/mol. The van der Waals surface area contributed by atoms with Crippen LogP contribution >= 0.6 is 0 Å². The van der Waals surface area contributed by atoms with Crippen LogP contribution in [0.4, 0.5) is 0 Å². The summed E-state index contributed by atoms with van der Waals surface area (Å²) in [6, 6.07) is 0. The molecule has 0 aromatic carbocycles. The first-order valence-corrected chi connectivity index (χ1v) is 7.46. The van der Waals surface area contributed by atoms with Crippen LogP contribution in [-0.4, -0.2) is 18.2 Å². The zero-order valence-electron chi connectivity index (χ0n) is 9.38. The largest absolute Gasteiger partial charge is 0.410 e. The summed E-state index contributed by atoms with van der Waals surface area (Å²) in [5.41, 5.74) is 0.220. The molecule has 0 radical (unpaired) electrons. The molecule has 0 amide bonds. The average Bonchev–Trinajstić information content (AvgIpc) is 2.05. The molecule has 0 aliphatic heterocycles. The van der Waals surface area contributed by atoms with Crippen LogP contribution in [-0.2, 0) is 0 Å². The van der Waals surface area contributed by atoms with Gasteiger partial charge in [-0.3, -0.25) is 0 Å². The van der Waals surface area contributed by atoms with Crippen molar-refractivity contribution in [1.82, 2.24) is 0 Å². The van der Waals surface area contributed by atoms with Gasteiger partial charge in [0, 0.05) is 0 Å². The Hall–Kier alpha value is 0.137. The number of rotatable bonds is 6. The minimum absolute atomic E-state index is 0.110. The second-order valence-electron chi connectivity index (χ2n) is 4.16. The Bertz CT molecular complexity index is 123. The van der Waals surface area contributed by atoms with Gasteiger partial charge < -0.3 is 9.59 Å². The van der Waals surface area contributed by atoms with Crippen LogP contribution in [0.1, 0.15) is 53.4 Å². The molecular formula is C10H24O2Si. The zero-order valence-corrected chi connectivity index (χ0v) is 10.4. The lowest BCUT2D eigenvalue weighted by molar-refractivity contribution is 0.313. The third kappa shape index (κ3) is 3.79. The van der Waals surface area contributed by atoms with Crippen LogP contribution < -0.4 is 0 Å². The van der Waals surface area contributed by atoms with E-state index in [1.54, 1.807) is 0 Å². The molecule has 2 N–H and O–H groups in total. The Kier molecular flexibility index (Phi) is 5.84. The van der Waals surface area contributed by atoms with E-state index in [-0.39, 0.29) is 11.1 Å². The van der Waals surface area contributed by atoms with E-state index >= 15 is 0 Å². The zero-order chi connectivity index (χ0) is 10.5. The summed E-state index contributed by atoms with van der Waals surface area (Å²) in [6.07, 6.45) is 3.95. The predicted molar refractivity (Wildman–Crippen MR) is 58.9 cm³/mol. The molecule has 0 aliphatic rings. The first-order chi connectivity index (χ1) is 5.96. The molecule has 0 fully saturated rings. The van der Waals surface area contributed by atoms with Gasteiger partial charge in [-0.25, -0.2) is 0 Å². The Morgan fingerprint density at radius 1 is 0.923 bits per heavy atom. The van der Waals surface area contributed by atoms with E-state index in [2.05, 4.69) is 13.8 Å². The molecule has 0 saturated heterocycles. The van der Waals surface area contributed by atoms with Gasteiger partial charge in [-0.2, -0.15) is 0 Å². The lowest BCUT2D eigenvalue weighted by Crippen LogP contribution is -2.43. The molecule has 0 aromatic rings. The van der Waals surface area contributed by atoms with E-state index < -0.39 is 8.56 Å².